The number of hydrogen-bond acceptors (Lipinski definition) is 1. The van der Waals surface area contributed by atoms with E-state index in [-0.39, 0.29) is 0 Å². The van der Waals surface area contributed by atoms with Gasteiger partial charge in [0.2, 0.25) is 0 Å². The van der Waals surface area contributed by atoms with Crippen LogP contribution in [-0.2, 0) is 0 Å². The third kappa shape index (κ3) is 2.31. The maximum Gasteiger partial charge on any atom is 0.00979 e. The molecule has 14 heavy (non-hydrogen) atoms. The molecule has 0 bridgehead atoms. The van der Waals surface area contributed by atoms with Crippen molar-refractivity contribution in [1.82, 2.24) is 5.32 Å². The van der Waals surface area contributed by atoms with Gasteiger partial charge in [-0.05, 0) is 43.9 Å². The van der Waals surface area contributed by atoms with E-state index in [0.717, 1.165) is 23.9 Å². The number of piperidine rings is 1. The Bertz CT molecular complexity index is 178. The fraction of sp³-hybridized carbons (Fsp3) is 1.00. The van der Waals surface area contributed by atoms with Crippen LogP contribution in [0.4, 0.5) is 0 Å². The average Bonchev–Trinajstić information content (AvgIpc) is 2.64. The zero-order valence-electron chi connectivity index (χ0n) is 9.76. The van der Waals surface area contributed by atoms with Gasteiger partial charge in [-0.15, -0.1) is 0 Å². The van der Waals surface area contributed by atoms with Crippen LogP contribution in [0.1, 0.15) is 58.8 Å². The van der Waals surface area contributed by atoms with E-state index in [2.05, 4.69) is 19.2 Å². The van der Waals surface area contributed by atoms with E-state index in [1.807, 2.05) is 0 Å². The summed E-state index contributed by atoms with van der Waals surface area (Å²) in [5, 5.41) is 3.88. The van der Waals surface area contributed by atoms with Gasteiger partial charge in [0.15, 0.2) is 0 Å². The minimum atomic E-state index is 0.837. The van der Waals surface area contributed by atoms with E-state index in [0.29, 0.717) is 0 Å². The van der Waals surface area contributed by atoms with Crippen molar-refractivity contribution in [1.29, 1.82) is 0 Å². The summed E-state index contributed by atoms with van der Waals surface area (Å²) in [5.41, 5.74) is 0. The van der Waals surface area contributed by atoms with Crippen LogP contribution in [0.5, 0.6) is 0 Å². The molecule has 1 heteroatoms. The summed E-state index contributed by atoms with van der Waals surface area (Å²) in [6, 6.07) is 1.72. The van der Waals surface area contributed by atoms with Crippen LogP contribution in [0.2, 0.25) is 0 Å². The van der Waals surface area contributed by atoms with Gasteiger partial charge < -0.3 is 5.32 Å². The molecular formula is C13H25N. The second-order valence-corrected chi connectivity index (χ2v) is 5.49. The second-order valence-electron chi connectivity index (χ2n) is 5.49. The molecule has 1 aliphatic carbocycles. The van der Waals surface area contributed by atoms with Crippen LogP contribution in [0.3, 0.4) is 0 Å². The van der Waals surface area contributed by atoms with E-state index in [1.54, 1.807) is 0 Å². The maximum atomic E-state index is 3.88. The first-order valence-electron chi connectivity index (χ1n) is 6.55. The van der Waals surface area contributed by atoms with Gasteiger partial charge in [0, 0.05) is 12.1 Å². The fourth-order valence-corrected chi connectivity index (χ4v) is 3.24. The predicted octanol–water partition coefficient (Wildman–Crippen LogP) is 3.34. The summed E-state index contributed by atoms with van der Waals surface area (Å²) in [6.07, 6.45) is 10.1. The monoisotopic (exact) mass is 195 g/mol. The third-order valence-corrected chi connectivity index (χ3v) is 4.38. The number of nitrogens with one attached hydrogen (secondary N) is 1. The van der Waals surface area contributed by atoms with Crippen LogP contribution in [0, 0.1) is 11.8 Å². The van der Waals surface area contributed by atoms with Crippen molar-refractivity contribution in [2.24, 2.45) is 11.8 Å². The van der Waals surface area contributed by atoms with Gasteiger partial charge in [0.1, 0.15) is 0 Å². The normalized spacial score (nSPS) is 39.4. The van der Waals surface area contributed by atoms with E-state index in [4.69, 9.17) is 0 Å². The smallest absolute Gasteiger partial charge is 0.00979 e. The highest BCUT2D eigenvalue weighted by molar-refractivity contribution is 4.91. The zero-order valence-corrected chi connectivity index (χ0v) is 9.76. The molecule has 0 radical (unpaired) electrons. The Balaban J connectivity index is 1.79. The van der Waals surface area contributed by atoms with Gasteiger partial charge in [-0.2, -0.15) is 0 Å². The molecule has 2 aliphatic rings. The molecule has 0 amide bonds. The maximum absolute atomic E-state index is 3.88. The predicted molar refractivity (Wildman–Crippen MR) is 61.4 cm³/mol. The quantitative estimate of drug-likeness (QED) is 0.728. The van der Waals surface area contributed by atoms with Crippen LogP contribution in [0.25, 0.3) is 0 Å². The minimum absolute atomic E-state index is 0.837. The fourth-order valence-electron chi connectivity index (χ4n) is 3.24. The molecule has 4 atom stereocenters. The Labute approximate surface area is 88.7 Å². The molecule has 1 saturated heterocycles. The van der Waals surface area contributed by atoms with Gasteiger partial charge in [0.25, 0.3) is 0 Å². The minimum Gasteiger partial charge on any atom is -0.311 e. The summed E-state index contributed by atoms with van der Waals surface area (Å²) < 4.78 is 0. The van der Waals surface area contributed by atoms with Crippen molar-refractivity contribution >= 4 is 0 Å². The lowest BCUT2D eigenvalue weighted by Gasteiger charge is -2.34. The first-order valence-corrected chi connectivity index (χ1v) is 6.55. The van der Waals surface area contributed by atoms with Crippen LogP contribution >= 0.6 is 0 Å². The van der Waals surface area contributed by atoms with Crippen molar-refractivity contribution in [2.75, 3.05) is 0 Å². The Morgan fingerprint density at radius 1 is 1.21 bits per heavy atom. The van der Waals surface area contributed by atoms with Gasteiger partial charge >= 0.3 is 0 Å². The highest BCUT2D eigenvalue weighted by Crippen LogP contribution is 2.34. The van der Waals surface area contributed by atoms with Crippen LogP contribution < -0.4 is 5.32 Å². The number of fused-ring (bicyclic) bond motifs is 1. The number of hydrogen-bond donors (Lipinski definition) is 1. The van der Waals surface area contributed by atoms with Crippen molar-refractivity contribution in [3.8, 4) is 0 Å². The van der Waals surface area contributed by atoms with Gasteiger partial charge in [-0.25, -0.2) is 0 Å². The molecule has 1 aliphatic heterocycles. The summed E-state index contributed by atoms with van der Waals surface area (Å²) in [4.78, 5) is 0. The van der Waals surface area contributed by atoms with Crippen molar-refractivity contribution in [3.05, 3.63) is 0 Å². The van der Waals surface area contributed by atoms with Crippen molar-refractivity contribution in [2.45, 2.75) is 70.9 Å². The Hall–Kier alpha value is -0.0400. The molecule has 82 valence electrons. The molecule has 1 N–H and O–H groups in total. The first kappa shape index (κ1) is 10.5. The zero-order chi connectivity index (χ0) is 9.97. The Kier molecular flexibility index (Phi) is 3.48. The second kappa shape index (κ2) is 4.65. The summed E-state index contributed by atoms with van der Waals surface area (Å²) in [6.45, 7) is 4.70. The molecular weight excluding hydrogens is 170 g/mol. The SMILES string of the molecule is CCC(C)CC1CCC2CCCC2N1. The summed E-state index contributed by atoms with van der Waals surface area (Å²) in [5.74, 6) is 1.94. The first-order chi connectivity index (χ1) is 6.79. The average molecular weight is 195 g/mol. The lowest BCUT2D eigenvalue weighted by atomic mass is 9.86. The molecule has 1 heterocycles. The molecule has 2 rings (SSSR count). The molecule has 2 fully saturated rings. The van der Waals surface area contributed by atoms with Crippen molar-refractivity contribution < 1.29 is 0 Å². The van der Waals surface area contributed by atoms with Crippen LogP contribution in [0.15, 0.2) is 0 Å². The largest absolute Gasteiger partial charge is 0.311 e. The van der Waals surface area contributed by atoms with Gasteiger partial charge in [-0.3, -0.25) is 0 Å². The van der Waals surface area contributed by atoms with Gasteiger partial charge in [-0.1, -0.05) is 26.7 Å². The molecule has 0 spiro atoms. The third-order valence-electron chi connectivity index (χ3n) is 4.38. The highest BCUT2D eigenvalue weighted by atomic mass is 15.0. The molecule has 1 nitrogen and oxygen atoms in total. The number of rotatable bonds is 3. The van der Waals surface area contributed by atoms with E-state index >= 15 is 0 Å². The highest BCUT2D eigenvalue weighted by Gasteiger charge is 2.33. The lowest BCUT2D eigenvalue weighted by Crippen LogP contribution is -2.45. The lowest BCUT2D eigenvalue weighted by molar-refractivity contribution is 0.232. The Morgan fingerprint density at radius 3 is 2.86 bits per heavy atom. The summed E-state index contributed by atoms with van der Waals surface area (Å²) >= 11 is 0. The van der Waals surface area contributed by atoms with E-state index < -0.39 is 0 Å². The Morgan fingerprint density at radius 2 is 2.07 bits per heavy atom. The van der Waals surface area contributed by atoms with Crippen molar-refractivity contribution in [3.63, 3.8) is 0 Å². The molecule has 0 aromatic heterocycles. The molecule has 4 unspecified atom stereocenters. The summed E-state index contributed by atoms with van der Waals surface area (Å²) in [7, 11) is 0. The van der Waals surface area contributed by atoms with E-state index in [1.165, 1.54) is 44.9 Å². The van der Waals surface area contributed by atoms with E-state index in [9.17, 15) is 0 Å². The molecule has 0 aromatic carbocycles. The topological polar surface area (TPSA) is 12.0 Å². The molecule has 0 aromatic rings. The molecule has 1 saturated carbocycles. The standard InChI is InChI=1S/C13H25N/c1-3-10(2)9-12-8-7-11-5-4-6-13(11)14-12/h10-14H,3-9H2,1-2H3. The van der Waals surface area contributed by atoms with Crippen LogP contribution in [-0.4, -0.2) is 12.1 Å². The van der Waals surface area contributed by atoms with Gasteiger partial charge in [0.05, 0.1) is 0 Å².